The second-order valence-electron chi connectivity index (χ2n) is 7.31. The second-order valence-corrected chi connectivity index (χ2v) is 7.31. The number of hydrogen-bond donors (Lipinski definition) is 2. The normalized spacial score (nSPS) is 16.5. The summed E-state index contributed by atoms with van der Waals surface area (Å²) >= 11 is 0. The fraction of sp³-hybridized carbons (Fsp3) is 0.273. The van der Waals surface area contributed by atoms with Crippen LogP contribution in [-0.4, -0.2) is 40.6 Å². The smallest absolute Gasteiger partial charge is 0.238 e. The summed E-state index contributed by atoms with van der Waals surface area (Å²) in [4.78, 5) is 14.3. The Hall–Kier alpha value is -3.26. The Morgan fingerprint density at radius 1 is 1.20 bits per heavy atom. The van der Waals surface area contributed by atoms with Gasteiger partial charge in [0.1, 0.15) is 12.4 Å². The Bertz CT molecular complexity index is 1010. The van der Waals surface area contributed by atoms with E-state index in [1.54, 1.807) is 18.2 Å². The molecule has 1 fully saturated rings. The van der Waals surface area contributed by atoms with Gasteiger partial charge in [0.15, 0.2) is 11.6 Å². The fourth-order valence-electron chi connectivity index (χ4n) is 3.53. The number of hydrogen-bond acceptors (Lipinski definition) is 4. The van der Waals surface area contributed by atoms with Gasteiger partial charge in [-0.25, -0.2) is 8.78 Å². The molecule has 3 aromatic rings. The monoisotopic (exact) mass is 412 g/mol. The van der Waals surface area contributed by atoms with Crippen molar-refractivity contribution >= 4 is 11.6 Å². The zero-order valence-electron chi connectivity index (χ0n) is 16.3. The van der Waals surface area contributed by atoms with Crippen molar-refractivity contribution < 1.29 is 18.3 Å². The van der Waals surface area contributed by atoms with Crippen LogP contribution < -0.4 is 10.1 Å². The average Bonchev–Trinajstić information content (AvgIpc) is 3.38. The van der Waals surface area contributed by atoms with Gasteiger partial charge in [-0.1, -0.05) is 12.1 Å². The van der Waals surface area contributed by atoms with Crippen molar-refractivity contribution in [2.45, 2.75) is 18.9 Å². The molecule has 156 valence electrons. The van der Waals surface area contributed by atoms with Gasteiger partial charge >= 0.3 is 0 Å². The Morgan fingerprint density at radius 3 is 2.80 bits per heavy atom. The maximum absolute atomic E-state index is 13.6. The lowest BCUT2D eigenvalue weighted by molar-refractivity contribution is -0.117. The number of benzene rings is 2. The molecule has 1 saturated heterocycles. The molecule has 2 N–H and O–H groups in total. The molecule has 0 radical (unpaired) electrons. The van der Waals surface area contributed by atoms with Crippen LogP contribution in [-0.2, 0) is 11.4 Å². The first-order chi connectivity index (χ1) is 14.6. The van der Waals surface area contributed by atoms with E-state index in [-0.39, 0.29) is 36.5 Å². The number of para-hydroxylation sites is 1. The molecule has 0 bridgehead atoms. The molecule has 0 aliphatic carbocycles. The number of amides is 1. The van der Waals surface area contributed by atoms with Crippen molar-refractivity contribution in [2.24, 2.45) is 0 Å². The minimum absolute atomic E-state index is 0.136. The molecule has 30 heavy (non-hydrogen) atoms. The van der Waals surface area contributed by atoms with Crippen LogP contribution in [0.1, 0.15) is 23.7 Å². The third-order valence-corrected chi connectivity index (χ3v) is 5.06. The highest BCUT2D eigenvalue weighted by Crippen LogP contribution is 2.26. The minimum atomic E-state index is -0.400. The van der Waals surface area contributed by atoms with E-state index in [0.29, 0.717) is 5.69 Å². The van der Waals surface area contributed by atoms with Crippen LogP contribution in [0.4, 0.5) is 14.5 Å². The zero-order valence-corrected chi connectivity index (χ0v) is 16.3. The summed E-state index contributed by atoms with van der Waals surface area (Å²) in [5.41, 5.74) is 2.24. The molecule has 2 aromatic carbocycles. The summed E-state index contributed by atoms with van der Waals surface area (Å²) in [5, 5.41) is 10.1. The van der Waals surface area contributed by atoms with E-state index in [0.717, 1.165) is 30.9 Å². The predicted molar refractivity (Wildman–Crippen MR) is 108 cm³/mol. The Kier molecular flexibility index (Phi) is 6.04. The summed E-state index contributed by atoms with van der Waals surface area (Å²) in [7, 11) is 0. The van der Waals surface area contributed by atoms with E-state index in [1.807, 2.05) is 6.07 Å². The molecule has 8 heteroatoms. The van der Waals surface area contributed by atoms with Crippen LogP contribution in [0.5, 0.6) is 5.75 Å². The van der Waals surface area contributed by atoms with Crippen LogP contribution in [0, 0.1) is 11.6 Å². The van der Waals surface area contributed by atoms with Gasteiger partial charge in [0.25, 0.3) is 0 Å². The first kappa shape index (κ1) is 20.0. The molecule has 0 saturated carbocycles. The van der Waals surface area contributed by atoms with E-state index in [2.05, 4.69) is 20.4 Å². The van der Waals surface area contributed by atoms with Crippen molar-refractivity contribution in [2.75, 3.05) is 25.0 Å². The lowest BCUT2D eigenvalue weighted by Gasteiger charge is -2.15. The van der Waals surface area contributed by atoms with Crippen LogP contribution in [0.3, 0.4) is 0 Å². The van der Waals surface area contributed by atoms with Gasteiger partial charge in [0.2, 0.25) is 5.91 Å². The molecule has 1 amide bonds. The second kappa shape index (κ2) is 9.04. The quantitative estimate of drug-likeness (QED) is 0.621. The van der Waals surface area contributed by atoms with Gasteiger partial charge in [-0.05, 0) is 55.4 Å². The highest BCUT2D eigenvalue weighted by molar-refractivity contribution is 5.92. The molecule has 1 atom stereocenters. The van der Waals surface area contributed by atoms with E-state index in [9.17, 15) is 13.6 Å². The van der Waals surface area contributed by atoms with Gasteiger partial charge in [-0.3, -0.25) is 14.8 Å². The van der Waals surface area contributed by atoms with Crippen molar-refractivity contribution in [3.63, 3.8) is 0 Å². The standard InChI is InChI=1S/C22H22F2N4O2/c23-16-5-7-17(8-6-16)25-22(29)13-28-10-9-15(12-28)20-11-18(26-27-20)14-30-21-4-2-1-3-19(21)24/h1-8,11,15H,9-10,12-14H2,(H,25,29)(H,26,27)/t15-/m1/s1. The molecule has 2 heterocycles. The number of rotatable bonds is 7. The van der Waals surface area contributed by atoms with Gasteiger partial charge in [-0.15, -0.1) is 0 Å². The van der Waals surface area contributed by atoms with Crippen molar-refractivity contribution in [3.05, 3.63) is 77.6 Å². The maximum Gasteiger partial charge on any atom is 0.238 e. The molecule has 1 aliphatic heterocycles. The van der Waals surface area contributed by atoms with Crippen molar-refractivity contribution in [1.82, 2.24) is 15.1 Å². The molecular weight excluding hydrogens is 390 g/mol. The summed E-state index contributed by atoms with van der Waals surface area (Å²) in [6.45, 7) is 1.97. The van der Waals surface area contributed by atoms with E-state index >= 15 is 0 Å². The lowest BCUT2D eigenvalue weighted by Crippen LogP contribution is -2.31. The largest absolute Gasteiger partial charge is 0.484 e. The van der Waals surface area contributed by atoms with Gasteiger partial charge in [-0.2, -0.15) is 5.10 Å². The van der Waals surface area contributed by atoms with Crippen molar-refractivity contribution in [3.8, 4) is 5.75 Å². The van der Waals surface area contributed by atoms with Gasteiger partial charge in [0, 0.05) is 18.2 Å². The Labute approximate surface area is 172 Å². The number of ether oxygens (including phenoxy) is 1. The number of likely N-dealkylation sites (tertiary alicyclic amines) is 1. The number of aromatic amines is 1. The van der Waals surface area contributed by atoms with Crippen LogP contribution in [0.2, 0.25) is 0 Å². The number of H-pyrrole nitrogens is 1. The highest BCUT2D eigenvalue weighted by atomic mass is 19.1. The predicted octanol–water partition coefficient (Wildman–Crippen LogP) is 3.69. The topological polar surface area (TPSA) is 70.2 Å². The molecule has 4 rings (SSSR count). The first-order valence-electron chi connectivity index (χ1n) is 9.76. The number of anilines is 1. The van der Waals surface area contributed by atoms with Crippen molar-refractivity contribution in [1.29, 1.82) is 0 Å². The van der Waals surface area contributed by atoms with E-state index in [4.69, 9.17) is 4.74 Å². The summed E-state index contributed by atoms with van der Waals surface area (Å²) in [6, 6.07) is 13.9. The minimum Gasteiger partial charge on any atom is -0.484 e. The number of carbonyl (C=O) groups excluding carboxylic acids is 1. The summed E-state index contributed by atoms with van der Waals surface area (Å²) < 4.78 is 32.1. The molecule has 1 aromatic heterocycles. The van der Waals surface area contributed by atoms with Crippen LogP contribution in [0.15, 0.2) is 54.6 Å². The van der Waals surface area contributed by atoms with Crippen LogP contribution >= 0.6 is 0 Å². The number of halogens is 2. The molecule has 6 nitrogen and oxygen atoms in total. The lowest BCUT2D eigenvalue weighted by atomic mass is 10.1. The van der Waals surface area contributed by atoms with E-state index < -0.39 is 5.82 Å². The zero-order chi connectivity index (χ0) is 20.9. The first-order valence-corrected chi connectivity index (χ1v) is 9.76. The average molecular weight is 412 g/mol. The molecule has 1 aliphatic rings. The van der Waals surface area contributed by atoms with Gasteiger partial charge in [0.05, 0.1) is 17.9 Å². The number of aromatic nitrogens is 2. The third-order valence-electron chi connectivity index (χ3n) is 5.06. The number of nitrogens with zero attached hydrogens (tertiary/aromatic N) is 2. The summed E-state index contributed by atoms with van der Waals surface area (Å²) in [6.07, 6.45) is 0.891. The Morgan fingerprint density at radius 2 is 2.00 bits per heavy atom. The van der Waals surface area contributed by atoms with E-state index in [1.165, 1.54) is 30.3 Å². The van der Waals surface area contributed by atoms with Gasteiger partial charge < -0.3 is 10.1 Å². The number of carbonyl (C=O) groups is 1. The SMILES string of the molecule is O=C(CN1CC[C@@H](c2cc(COc3ccccc3F)[nH]n2)C1)Nc1ccc(F)cc1. The maximum atomic E-state index is 13.6. The Balaban J connectivity index is 1.26. The molecule has 0 unspecified atom stereocenters. The molecular formula is C22H22F2N4O2. The summed E-state index contributed by atoms with van der Waals surface area (Å²) in [5.74, 6) is -0.464. The number of nitrogens with one attached hydrogen (secondary N) is 2. The third kappa shape index (κ3) is 5.01. The molecule has 0 spiro atoms. The fourth-order valence-corrected chi connectivity index (χ4v) is 3.53. The highest BCUT2D eigenvalue weighted by Gasteiger charge is 2.27. The van der Waals surface area contributed by atoms with Crippen LogP contribution in [0.25, 0.3) is 0 Å².